The Morgan fingerprint density at radius 2 is 1.69 bits per heavy atom. The molecule has 0 saturated carbocycles. The fourth-order valence-electron chi connectivity index (χ4n) is 6.66. The van der Waals surface area contributed by atoms with Gasteiger partial charge in [-0.15, -0.1) is 0 Å². The van der Waals surface area contributed by atoms with Crippen molar-refractivity contribution in [3.8, 4) is 17.2 Å². The van der Waals surface area contributed by atoms with E-state index in [1.807, 2.05) is 0 Å². The maximum absolute atomic E-state index is 14.2. The number of fused-ring (bicyclic) bond motifs is 8. The number of esters is 1. The van der Waals surface area contributed by atoms with E-state index in [9.17, 15) is 19.5 Å². The number of carbonyl (C=O) groups is 3. The minimum absolute atomic E-state index is 0.00527. The Morgan fingerprint density at radius 1 is 0.905 bits per heavy atom. The van der Waals surface area contributed by atoms with Crippen LogP contribution in [0.15, 0.2) is 42.5 Å². The normalized spacial score (nSPS) is 24.9. The van der Waals surface area contributed by atoms with E-state index in [2.05, 4.69) is 0 Å². The van der Waals surface area contributed by atoms with Gasteiger partial charge in [0.05, 0.1) is 50.7 Å². The molecule has 0 radical (unpaired) electrons. The molecular formula is C31H26O11. The minimum atomic E-state index is -2.03. The summed E-state index contributed by atoms with van der Waals surface area (Å²) in [5.41, 5.74) is 0.594. The fraction of sp³-hybridized carbons (Fsp3) is 0.323. The summed E-state index contributed by atoms with van der Waals surface area (Å²) in [4.78, 5) is 51.4. The third kappa shape index (κ3) is 3.39. The zero-order chi connectivity index (χ0) is 29.4. The third-order valence-electron chi connectivity index (χ3n) is 8.35. The van der Waals surface area contributed by atoms with Crippen LogP contribution in [0.5, 0.6) is 17.2 Å². The van der Waals surface area contributed by atoms with E-state index in [1.165, 1.54) is 45.6 Å². The Hall–Kier alpha value is -4.29. The van der Waals surface area contributed by atoms with E-state index < -0.39 is 29.1 Å². The molecule has 3 aromatic carbocycles. The Bertz CT molecular complexity index is 1690. The summed E-state index contributed by atoms with van der Waals surface area (Å²) < 4.78 is 30.7. The highest BCUT2D eigenvalue weighted by Crippen LogP contribution is 2.63. The predicted molar refractivity (Wildman–Crippen MR) is 142 cm³/mol. The Morgan fingerprint density at radius 3 is 2.45 bits per heavy atom. The zero-order valence-electron chi connectivity index (χ0n) is 23.0. The quantitative estimate of drug-likeness (QED) is 0.155. The number of hydrogen-bond donors (Lipinski definition) is 1. The van der Waals surface area contributed by atoms with Crippen LogP contribution < -0.4 is 9.47 Å². The second-order valence-corrected chi connectivity index (χ2v) is 10.4. The van der Waals surface area contributed by atoms with Crippen molar-refractivity contribution in [2.24, 2.45) is 0 Å². The minimum Gasteiger partial charge on any atom is -0.507 e. The van der Waals surface area contributed by atoms with E-state index in [-0.39, 0.29) is 57.6 Å². The molecular weight excluding hydrogens is 548 g/mol. The standard InChI is InChI=1S/C31H26O11/c1-36-20-9-5-7-18-25(20)31(42-30(18)12-10-15(40-30)11-13-39-38-3)26-23-17(14-21(37-2)24(26)29(35)41-31)27(33)16-6-4-8-19(32)22(16)28(23)34/h4-9,14-15,32H,10-13H2,1-3H3. The first-order chi connectivity index (χ1) is 20.3. The van der Waals surface area contributed by atoms with E-state index in [0.717, 1.165) is 0 Å². The molecule has 3 aromatic rings. The van der Waals surface area contributed by atoms with Crippen molar-refractivity contribution in [2.45, 2.75) is 36.9 Å². The van der Waals surface area contributed by atoms with Crippen molar-refractivity contribution >= 4 is 17.5 Å². The molecule has 3 unspecified atom stereocenters. The SMILES string of the molecule is COOCCC1CCC2(O1)OC1(OC(=O)c3c(OC)cc4c(c31)C(=O)c1c(O)cccc1C4=O)c1c(OC)cccc12. The summed E-state index contributed by atoms with van der Waals surface area (Å²) in [7, 11) is 4.25. The van der Waals surface area contributed by atoms with Crippen molar-refractivity contribution in [3.63, 3.8) is 0 Å². The molecule has 3 heterocycles. The summed E-state index contributed by atoms with van der Waals surface area (Å²) >= 11 is 0. The lowest BCUT2D eigenvalue weighted by Gasteiger charge is -2.32. The highest BCUT2D eigenvalue weighted by atomic mass is 17.2. The molecule has 4 aliphatic rings. The van der Waals surface area contributed by atoms with Gasteiger partial charge in [-0.1, -0.05) is 24.3 Å². The van der Waals surface area contributed by atoms with Gasteiger partial charge in [0.1, 0.15) is 22.8 Å². The summed E-state index contributed by atoms with van der Waals surface area (Å²) in [6, 6.07) is 10.9. The maximum Gasteiger partial charge on any atom is 0.345 e. The van der Waals surface area contributed by atoms with Crippen LogP contribution in [0.3, 0.4) is 0 Å². The lowest BCUT2D eigenvalue weighted by atomic mass is 9.77. The molecule has 1 N–H and O–H groups in total. The van der Waals surface area contributed by atoms with Crippen molar-refractivity contribution in [1.82, 2.24) is 0 Å². The van der Waals surface area contributed by atoms with Crippen LogP contribution in [0.4, 0.5) is 0 Å². The predicted octanol–water partition coefficient (Wildman–Crippen LogP) is 3.89. The molecule has 7 rings (SSSR count). The van der Waals surface area contributed by atoms with Crippen LogP contribution >= 0.6 is 0 Å². The zero-order valence-corrected chi connectivity index (χ0v) is 23.0. The fourth-order valence-corrected chi connectivity index (χ4v) is 6.66. The van der Waals surface area contributed by atoms with Crippen molar-refractivity contribution < 1.29 is 52.9 Å². The number of carbonyl (C=O) groups excluding carboxylic acids is 3. The molecule has 2 spiro atoms. The lowest BCUT2D eigenvalue weighted by molar-refractivity contribution is -0.318. The Kier molecular flexibility index (Phi) is 5.93. The summed E-state index contributed by atoms with van der Waals surface area (Å²) in [5, 5.41) is 10.7. The molecule has 11 nitrogen and oxygen atoms in total. The van der Waals surface area contributed by atoms with Gasteiger partial charge < -0.3 is 24.1 Å². The molecule has 3 atom stereocenters. The summed E-state index contributed by atoms with van der Waals surface area (Å²) in [6.07, 6.45) is 1.21. The highest BCUT2D eigenvalue weighted by Gasteiger charge is 2.67. The van der Waals surface area contributed by atoms with Gasteiger partial charge in [0.2, 0.25) is 5.79 Å². The van der Waals surface area contributed by atoms with E-state index in [1.54, 1.807) is 18.2 Å². The number of ketones is 2. The van der Waals surface area contributed by atoms with Gasteiger partial charge in [-0.25, -0.2) is 14.6 Å². The van der Waals surface area contributed by atoms with Crippen molar-refractivity contribution in [3.05, 3.63) is 87.0 Å². The monoisotopic (exact) mass is 574 g/mol. The van der Waals surface area contributed by atoms with E-state index >= 15 is 0 Å². The first-order valence-electron chi connectivity index (χ1n) is 13.4. The number of phenolic OH excluding ortho intramolecular Hbond substituents is 1. The molecule has 0 aromatic heterocycles. The van der Waals surface area contributed by atoms with E-state index in [0.29, 0.717) is 36.1 Å². The molecule has 1 saturated heterocycles. The number of aromatic hydroxyl groups is 1. The Labute approximate surface area is 239 Å². The number of methoxy groups -OCH3 is 2. The number of rotatable bonds is 6. The Balaban J connectivity index is 1.49. The molecule has 1 fully saturated rings. The number of ether oxygens (including phenoxy) is 5. The number of benzene rings is 3. The molecule has 0 bridgehead atoms. The first-order valence-corrected chi connectivity index (χ1v) is 13.4. The second-order valence-electron chi connectivity index (χ2n) is 10.4. The van der Waals surface area contributed by atoms with Gasteiger partial charge in [-0.2, -0.15) is 0 Å². The summed E-state index contributed by atoms with van der Waals surface area (Å²) in [6.45, 7) is 0.287. The smallest absolute Gasteiger partial charge is 0.345 e. The largest absolute Gasteiger partial charge is 0.507 e. The molecule has 42 heavy (non-hydrogen) atoms. The van der Waals surface area contributed by atoms with Gasteiger partial charge in [0.15, 0.2) is 11.6 Å². The summed E-state index contributed by atoms with van der Waals surface area (Å²) in [5.74, 6) is -5.38. The van der Waals surface area contributed by atoms with Gasteiger partial charge in [-0.05, 0) is 24.6 Å². The van der Waals surface area contributed by atoms with Crippen LogP contribution in [0, 0.1) is 0 Å². The third-order valence-corrected chi connectivity index (χ3v) is 8.35. The molecule has 3 aliphatic heterocycles. The van der Waals surface area contributed by atoms with Crippen molar-refractivity contribution in [2.75, 3.05) is 27.9 Å². The average Bonchev–Trinajstić information content (AvgIpc) is 3.62. The molecule has 0 amide bonds. The second kappa shape index (κ2) is 9.36. The molecule has 1 aliphatic carbocycles. The van der Waals surface area contributed by atoms with Crippen molar-refractivity contribution in [1.29, 1.82) is 0 Å². The number of hydrogen-bond acceptors (Lipinski definition) is 11. The van der Waals surface area contributed by atoms with Gasteiger partial charge in [0.25, 0.3) is 5.79 Å². The van der Waals surface area contributed by atoms with E-state index in [4.69, 9.17) is 33.5 Å². The van der Waals surface area contributed by atoms with Crippen LogP contribution in [0.25, 0.3) is 0 Å². The van der Waals surface area contributed by atoms with Gasteiger partial charge in [-0.3, -0.25) is 14.3 Å². The topological polar surface area (TPSA) is 136 Å². The highest BCUT2D eigenvalue weighted by molar-refractivity contribution is 6.31. The van der Waals surface area contributed by atoms with Crippen LogP contribution in [0.1, 0.15) is 78.2 Å². The van der Waals surface area contributed by atoms with Gasteiger partial charge in [0, 0.05) is 35.1 Å². The lowest BCUT2D eigenvalue weighted by Crippen LogP contribution is -2.36. The first kappa shape index (κ1) is 26.6. The molecule has 11 heteroatoms. The molecule has 216 valence electrons. The van der Waals surface area contributed by atoms with Gasteiger partial charge >= 0.3 is 5.97 Å². The maximum atomic E-state index is 14.2. The van der Waals surface area contributed by atoms with Crippen LogP contribution in [-0.4, -0.2) is 56.7 Å². The average molecular weight is 575 g/mol. The number of phenols is 1. The van der Waals surface area contributed by atoms with Crippen LogP contribution in [0.2, 0.25) is 0 Å². The van der Waals surface area contributed by atoms with Crippen LogP contribution in [-0.2, 0) is 35.6 Å².